The molecule has 2 aromatic heterocycles. The number of anilines is 1. The first-order valence-electron chi connectivity index (χ1n) is 16.6. The van der Waals surface area contributed by atoms with E-state index in [0.717, 1.165) is 16.7 Å². The van der Waals surface area contributed by atoms with Crippen LogP contribution in [0.2, 0.25) is 0 Å². The Kier molecular flexibility index (Phi) is 9.98. The van der Waals surface area contributed by atoms with Crippen molar-refractivity contribution in [1.29, 1.82) is 0 Å². The first-order chi connectivity index (χ1) is 25.4. The van der Waals surface area contributed by atoms with E-state index in [4.69, 9.17) is 23.7 Å². The van der Waals surface area contributed by atoms with Crippen LogP contribution in [-0.4, -0.2) is 70.2 Å². The summed E-state index contributed by atoms with van der Waals surface area (Å²) in [6.45, 7) is -0.295. The fourth-order valence-corrected chi connectivity index (χ4v) is 6.35. The number of H-pyrrole nitrogens is 1. The Morgan fingerprint density at radius 2 is 1.48 bits per heavy atom. The molecule has 0 bridgehead atoms. The zero-order valence-electron chi connectivity index (χ0n) is 28.5. The van der Waals surface area contributed by atoms with Gasteiger partial charge in [0.2, 0.25) is 5.95 Å². The van der Waals surface area contributed by atoms with Crippen LogP contribution in [0.3, 0.4) is 0 Å². The van der Waals surface area contributed by atoms with Gasteiger partial charge >= 0.3 is 0 Å². The Labute approximate surface area is 298 Å². The predicted molar refractivity (Wildman–Crippen MR) is 192 cm³/mol. The monoisotopic (exact) mass is 703 g/mol. The summed E-state index contributed by atoms with van der Waals surface area (Å²) >= 11 is 0. The number of nitrogens with one attached hydrogen (secondary N) is 2. The quantitative estimate of drug-likeness (QED) is 0.143. The Hall–Kier alpha value is -6.02. The van der Waals surface area contributed by atoms with Crippen LogP contribution in [0.25, 0.3) is 11.2 Å². The number of para-hydroxylation sites is 1. The van der Waals surface area contributed by atoms with Crippen LogP contribution in [0.4, 0.5) is 5.95 Å². The number of carbonyl (C=O) groups is 1. The van der Waals surface area contributed by atoms with Gasteiger partial charge in [-0.05, 0) is 53.1 Å². The van der Waals surface area contributed by atoms with Crippen LogP contribution in [0.1, 0.15) is 29.3 Å². The summed E-state index contributed by atoms with van der Waals surface area (Å²) in [6.07, 6.45) is -0.830. The van der Waals surface area contributed by atoms with Crippen molar-refractivity contribution in [2.75, 3.05) is 32.8 Å². The highest BCUT2D eigenvalue weighted by Crippen LogP contribution is 2.43. The molecule has 3 N–H and O–H groups in total. The molecule has 3 atom stereocenters. The van der Waals surface area contributed by atoms with E-state index >= 15 is 0 Å². The summed E-state index contributed by atoms with van der Waals surface area (Å²) in [7, 11) is 3.23. The molecule has 13 heteroatoms. The maximum Gasteiger partial charge on any atom is 0.280 e. The largest absolute Gasteiger partial charge is 0.497 e. The highest BCUT2D eigenvalue weighted by atomic mass is 16.6. The second-order valence-corrected chi connectivity index (χ2v) is 12.1. The van der Waals surface area contributed by atoms with Crippen molar-refractivity contribution in [3.05, 3.63) is 143 Å². The van der Waals surface area contributed by atoms with E-state index < -0.39 is 35.5 Å². The lowest BCUT2D eigenvalue weighted by Crippen LogP contribution is -2.38. The second-order valence-electron chi connectivity index (χ2n) is 12.1. The molecule has 13 nitrogen and oxygen atoms in total. The van der Waals surface area contributed by atoms with Crippen LogP contribution in [0.5, 0.6) is 17.2 Å². The Balaban J connectivity index is 1.15. The zero-order chi connectivity index (χ0) is 36.1. The van der Waals surface area contributed by atoms with Crippen LogP contribution >= 0.6 is 0 Å². The lowest BCUT2D eigenvalue weighted by atomic mass is 9.80. The molecule has 1 aliphatic heterocycles. The van der Waals surface area contributed by atoms with Crippen molar-refractivity contribution in [2.45, 2.75) is 30.5 Å². The van der Waals surface area contributed by atoms with E-state index in [9.17, 15) is 14.7 Å². The molecular weight excluding hydrogens is 666 g/mol. The van der Waals surface area contributed by atoms with Gasteiger partial charge in [0.05, 0.1) is 33.3 Å². The van der Waals surface area contributed by atoms with E-state index in [0.29, 0.717) is 17.2 Å². The van der Waals surface area contributed by atoms with Gasteiger partial charge in [-0.25, -0.2) is 4.98 Å². The van der Waals surface area contributed by atoms with Crippen molar-refractivity contribution in [3.8, 4) is 17.2 Å². The molecule has 6 aromatic rings. The number of aromatic amines is 1. The molecular formula is C39H37N5O8. The standard InChI is InChI=1S/C39H37N5O8/c1-48-28-17-13-26(14-18-28)39(25-9-5-3-6-10-25,27-15-19-29(49-2)20-16-27)51-22-32-31(45)21-34(52-32)44-24-40-35-36(44)42-38(43-37(35)47)41-33(46)23-50-30-11-7-4-8-12-30/h3-20,24,31-32,34,45H,21-23H2,1-2H3,(H2,41,42,43,46,47)/t31-,32+,34+/m1/s1. The molecule has 1 saturated heterocycles. The number of nitrogens with zero attached hydrogens (tertiary/aromatic N) is 3. The lowest BCUT2D eigenvalue weighted by molar-refractivity contribution is -0.118. The minimum Gasteiger partial charge on any atom is -0.497 e. The van der Waals surface area contributed by atoms with Gasteiger partial charge in [-0.2, -0.15) is 4.98 Å². The highest BCUT2D eigenvalue weighted by molar-refractivity contribution is 5.90. The van der Waals surface area contributed by atoms with Crippen LogP contribution in [-0.2, 0) is 19.9 Å². The first kappa shape index (κ1) is 34.4. The van der Waals surface area contributed by atoms with Gasteiger partial charge in [-0.1, -0.05) is 72.8 Å². The smallest absolute Gasteiger partial charge is 0.280 e. The van der Waals surface area contributed by atoms with Crippen molar-refractivity contribution >= 4 is 23.0 Å². The van der Waals surface area contributed by atoms with E-state index in [1.54, 1.807) is 43.1 Å². The van der Waals surface area contributed by atoms with Crippen molar-refractivity contribution < 1.29 is 33.6 Å². The molecule has 4 aromatic carbocycles. The molecule has 1 fully saturated rings. The first-order valence-corrected chi connectivity index (χ1v) is 16.6. The van der Waals surface area contributed by atoms with E-state index in [-0.39, 0.29) is 36.7 Å². The number of rotatable bonds is 13. The molecule has 7 rings (SSSR count). The number of hydrogen-bond donors (Lipinski definition) is 3. The Bertz CT molecular complexity index is 2130. The molecule has 1 amide bonds. The number of imidazole rings is 1. The number of benzene rings is 4. The van der Waals surface area contributed by atoms with Gasteiger partial charge in [-0.3, -0.25) is 24.5 Å². The summed E-state index contributed by atoms with van der Waals surface area (Å²) in [6, 6.07) is 34.0. The fraction of sp³-hybridized carbons (Fsp3) is 0.231. The molecule has 266 valence electrons. The van der Waals surface area contributed by atoms with Gasteiger partial charge in [0.25, 0.3) is 11.5 Å². The van der Waals surface area contributed by atoms with Crippen molar-refractivity contribution in [1.82, 2.24) is 19.5 Å². The number of amides is 1. The Morgan fingerprint density at radius 3 is 2.10 bits per heavy atom. The van der Waals surface area contributed by atoms with Crippen molar-refractivity contribution in [2.24, 2.45) is 0 Å². The maximum absolute atomic E-state index is 12.9. The van der Waals surface area contributed by atoms with E-state index in [2.05, 4.69) is 20.3 Å². The van der Waals surface area contributed by atoms with Gasteiger partial charge < -0.3 is 28.8 Å². The average Bonchev–Trinajstić information content (AvgIpc) is 3.78. The third-order valence-corrected chi connectivity index (χ3v) is 8.96. The minimum absolute atomic E-state index is 0.00597. The number of carbonyl (C=O) groups excluding carboxylic acids is 1. The molecule has 0 radical (unpaired) electrons. The van der Waals surface area contributed by atoms with Crippen LogP contribution < -0.4 is 25.1 Å². The lowest BCUT2D eigenvalue weighted by Gasteiger charge is -2.37. The number of aliphatic hydroxyl groups excluding tert-OH is 1. The van der Waals surface area contributed by atoms with Gasteiger partial charge in [-0.15, -0.1) is 0 Å². The molecule has 0 unspecified atom stereocenters. The SMILES string of the molecule is COc1ccc(C(OC[C@@H]2O[C@H](n3cnc4c(=O)[nH]c(NC(=O)COc5ccccc5)nc43)C[C@H]2O)(c2ccccc2)c2ccc(OC)cc2)cc1. The summed E-state index contributed by atoms with van der Waals surface area (Å²) in [4.78, 5) is 36.8. The molecule has 0 aliphatic carbocycles. The Morgan fingerprint density at radius 1 is 0.885 bits per heavy atom. The van der Waals surface area contributed by atoms with Crippen molar-refractivity contribution in [3.63, 3.8) is 0 Å². The maximum atomic E-state index is 12.9. The summed E-state index contributed by atoms with van der Waals surface area (Å²) in [5.41, 5.74) is 1.10. The van der Waals surface area contributed by atoms with Gasteiger partial charge in [0, 0.05) is 6.42 Å². The molecule has 52 heavy (non-hydrogen) atoms. The molecule has 3 heterocycles. The van der Waals surface area contributed by atoms with E-state index in [1.165, 1.54) is 6.33 Å². The number of aromatic nitrogens is 4. The summed E-state index contributed by atoms with van der Waals surface area (Å²) < 4.78 is 31.3. The van der Waals surface area contributed by atoms with Crippen LogP contribution in [0, 0.1) is 0 Å². The normalized spacial score (nSPS) is 17.2. The van der Waals surface area contributed by atoms with Crippen LogP contribution in [0.15, 0.2) is 120 Å². The highest BCUT2D eigenvalue weighted by Gasteiger charge is 2.42. The zero-order valence-corrected chi connectivity index (χ0v) is 28.5. The third-order valence-electron chi connectivity index (χ3n) is 8.96. The number of methoxy groups -OCH3 is 2. The third kappa shape index (κ3) is 6.97. The predicted octanol–water partition coefficient (Wildman–Crippen LogP) is 4.81. The number of fused-ring (bicyclic) bond motifs is 1. The molecule has 0 saturated carbocycles. The van der Waals surface area contributed by atoms with Gasteiger partial charge in [0.1, 0.15) is 35.2 Å². The average molecular weight is 704 g/mol. The number of hydrogen-bond acceptors (Lipinski definition) is 10. The summed E-state index contributed by atoms with van der Waals surface area (Å²) in [5, 5.41) is 13.9. The van der Waals surface area contributed by atoms with Gasteiger partial charge in [0.15, 0.2) is 17.8 Å². The fourth-order valence-electron chi connectivity index (χ4n) is 6.35. The number of aliphatic hydroxyl groups is 1. The number of ether oxygens (including phenoxy) is 5. The summed E-state index contributed by atoms with van der Waals surface area (Å²) in [5.74, 6) is 1.32. The minimum atomic E-state index is -1.12. The topological polar surface area (TPSA) is 159 Å². The second kappa shape index (κ2) is 15.1. The molecule has 0 spiro atoms. The molecule has 1 aliphatic rings. The van der Waals surface area contributed by atoms with E-state index in [1.807, 2.05) is 84.9 Å².